The van der Waals surface area contributed by atoms with E-state index in [2.05, 4.69) is 20.3 Å². The number of nitrogens with zero attached hydrogens (tertiary/aromatic N) is 4. The second-order valence-electron chi connectivity index (χ2n) is 5.87. The van der Waals surface area contributed by atoms with Gasteiger partial charge in [0.05, 0.1) is 0 Å². The van der Waals surface area contributed by atoms with Crippen LogP contribution in [-0.4, -0.2) is 40.3 Å². The van der Waals surface area contributed by atoms with Crippen molar-refractivity contribution in [2.45, 2.75) is 19.4 Å². The van der Waals surface area contributed by atoms with Gasteiger partial charge in [-0.2, -0.15) is 5.10 Å². The van der Waals surface area contributed by atoms with E-state index in [0.717, 1.165) is 24.5 Å². The molecule has 1 saturated heterocycles. The Morgan fingerprint density at radius 1 is 1.43 bits per heavy atom. The predicted octanol–water partition coefficient (Wildman–Crippen LogP) is 2.14. The average molecular weight is 334 g/mol. The molecule has 2 heterocycles. The molecule has 1 aromatic heterocycles. The van der Waals surface area contributed by atoms with E-state index in [1.807, 2.05) is 31.2 Å². The highest BCUT2D eigenvalue weighted by molar-refractivity contribution is 6.30. The molecule has 0 aliphatic carbocycles. The molecular formula is C16H20ClN5O. The Morgan fingerprint density at radius 2 is 2.22 bits per heavy atom. The Bertz CT molecular complexity index is 643. The van der Waals surface area contributed by atoms with Gasteiger partial charge in [-0.3, -0.25) is 4.79 Å². The number of anilines is 1. The molecule has 0 unspecified atom stereocenters. The number of hydrogen-bond donors (Lipinski definition) is 1. The third kappa shape index (κ3) is 3.82. The molecule has 1 N–H and O–H groups in total. The fraction of sp³-hybridized carbons (Fsp3) is 0.438. The maximum absolute atomic E-state index is 12.2. The number of benzene rings is 1. The van der Waals surface area contributed by atoms with Crippen molar-refractivity contribution in [1.29, 1.82) is 0 Å². The van der Waals surface area contributed by atoms with Gasteiger partial charge in [-0.1, -0.05) is 11.6 Å². The first kappa shape index (κ1) is 15.8. The van der Waals surface area contributed by atoms with Crippen LogP contribution in [0.15, 0.2) is 36.9 Å². The molecule has 23 heavy (non-hydrogen) atoms. The van der Waals surface area contributed by atoms with Crippen molar-refractivity contribution in [2.24, 2.45) is 5.92 Å². The third-order valence-electron chi connectivity index (χ3n) is 4.26. The van der Waals surface area contributed by atoms with Crippen molar-refractivity contribution in [2.75, 3.05) is 24.5 Å². The summed E-state index contributed by atoms with van der Waals surface area (Å²) >= 11 is 5.93. The van der Waals surface area contributed by atoms with Crippen LogP contribution in [0.3, 0.4) is 0 Å². The first-order valence-electron chi connectivity index (χ1n) is 7.76. The Hall–Kier alpha value is -2.08. The molecule has 1 aliphatic rings. The number of halogens is 1. The Kier molecular flexibility index (Phi) is 4.81. The maximum atomic E-state index is 12.2. The van der Waals surface area contributed by atoms with E-state index in [-0.39, 0.29) is 11.9 Å². The smallest absolute Gasteiger partial charge is 0.244 e. The molecule has 7 heteroatoms. The van der Waals surface area contributed by atoms with Gasteiger partial charge in [-0.25, -0.2) is 9.67 Å². The Morgan fingerprint density at radius 3 is 2.91 bits per heavy atom. The number of carbonyl (C=O) groups excluding carboxylic acids is 1. The summed E-state index contributed by atoms with van der Waals surface area (Å²) in [6.45, 7) is 4.45. The van der Waals surface area contributed by atoms with Crippen LogP contribution in [0.4, 0.5) is 5.69 Å². The van der Waals surface area contributed by atoms with Crippen LogP contribution in [0, 0.1) is 5.92 Å². The van der Waals surface area contributed by atoms with Crippen LogP contribution in [0.25, 0.3) is 0 Å². The molecule has 0 bridgehead atoms. The standard InChI is InChI=1S/C16H20ClN5O/c1-12(22-11-18-10-20-22)16(23)19-8-13-6-7-21(9-13)15-4-2-14(17)3-5-15/h2-5,10-13H,6-9H2,1H3,(H,19,23)/t12-,13-/m0/s1. The second kappa shape index (κ2) is 7.00. The summed E-state index contributed by atoms with van der Waals surface area (Å²) in [4.78, 5) is 18.4. The van der Waals surface area contributed by atoms with Gasteiger partial charge < -0.3 is 10.2 Å². The fourth-order valence-corrected chi connectivity index (χ4v) is 2.94. The number of rotatable bonds is 5. The van der Waals surface area contributed by atoms with Gasteiger partial charge >= 0.3 is 0 Å². The molecule has 1 fully saturated rings. The van der Waals surface area contributed by atoms with Crippen molar-refractivity contribution in [3.63, 3.8) is 0 Å². The van der Waals surface area contributed by atoms with Gasteiger partial charge in [0.1, 0.15) is 18.7 Å². The molecule has 6 nitrogen and oxygen atoms in total. The lowest BCUT2D eigenvalue weighted by Crippen LogP contribution is -2.35. The van der Waals surface area contributed by atoms with E-state index in [1.165, 1.54) is 12.0 Å². The van der Waals surface area contributed by atoms with Crippen molar-refractivity contribution in [1.82, 2.24) is 20.1 Å². The van der Waals surface area contributed by atoms with Crippen molar-refractivity contribution in [3.8, 4) is 0 Å². The Balaban J connectivity index is 1.48. The molecule has 2 aromatic rings. The number of amides is 1. The van der Waals surface area contributed by atoms with Gasteiger partial charge in [-0.15, -0.1) is 0 Å². The second-order valence-corrected chi connectivity index (χ2v) is 6.31. The minimum atomic E-state index is -0.341. The summed E-state index contributed by atoms with van der Waals surface area (Å²) in [5.41, 5.74) is 1.18. The number of hydrogen-bond acceptors (Lipinski definition) is 4. The first-order valence-corrected chi connectivity index (χ1v) is 8.13. The highest BCUT2D eigenvalue weighted by Crippen LogP contribution is 2.24. The Labute approximate surface area is 140 Å². The fourth-order valence-electron chi connectivity index (χ4n) is 2.82. The molecule has 3 rings (SSSR count). The zero-order chi connectivity index (χ0) is 16.2. The van der Waals surface area contributed by atoms with E-state index in [1.54, 1.807) is 11.0 Å². The molecule has 2 atom stereocenters. The van der Waals surface area contributed by atoms with E-state index in [0.29, 0.717) is 12.5 Å². The summed E-state index contributed by atoms with van der Waals surface area (Å²) < 4.78 is 1.56. The average Bonchev–Trinajstić information content (AvgIpc) is 3.24. The summed E-state index contributed by atoms with van der Waals surface area (Å²) in [6, 6.07) is 7.55. The topological polar surface area (TPSA) is 63.1 Å². The van der Waals surface area contributed by atoms with Crippen LogP contribution >= 0.6 is 11.6 Å². The maximum Gasteiger partial charge on any atom is 0.244 e. The zero-order valence-electron chi connectivity index (χ0n) is 13.0. The van der Waals surface area contributed by atoms with Crippen LogP contribution in [0.2, 0.25) is 5.02 Å². The quantitative estimate of drug-likeness (QED) is 0.910. The molecule has 1 aromatic carbocycles. The lowest BCUT2D eigenvalue weighted by atomic mass is 10.1. The summed E-state index contributed by atoms with van der Waals surface area (Å²) in [6.07, 6.45) is 4.06. The lowest BCUT2D eigenvalue weighted by molar-refractivity contribution is -0.124. The normalized spacial score (nSPS) is 18.9. The molecule has 122 valence electrons. The van der Waals surface area contributed by atoms with Gasteiger partial charge in [0.15, 0.2) is 0 Å². The molecule has 0 radical (unpaired) electrons. The molecule has 0 spiro atoms. The highest BCUT2D eigenvalue weighted by Gasteiger charge is 2.24. The largest absolute Gasteiger partial charge is 0.371 e. The summed E-state index contributed by atoms with van der Waals surface area (Å²) in [5, 5.41) is 7.77. The third-order valence-corrected chi connectivity index (χ3v) is 4.51. The SMILES string of the molecule is C[C@@H](C(=O)NC[C@@H]1CCN(c2ccc(Cl)cc2)C1)n1cncn1. The van der Waals surface area contributed by atoms with Crippen molar-refractivity contribution < 1.29 is 4.79 Å². The molecular weight excluding hydrogens is 314 g/mol. The van der Waals surface area contributed by atoms with Crippen molar-refractivity contribution >= 4 is 23.2 Å². The summed E-state index contributed by atoms with van der Waals surface area (Å²) in [7, 11) is 0. The molecule has 1 aliphatic heterocycles. The van der Waals surface area contributed by atoms with E-state index in [9.17, 15) is 4.79 Å². The number of aromatic nitrogens is 3. The molecule has 1 amide bonds. The predicted molar refractivity (Wildman–Crippen MR) is 89.5 cm³/mol. The van der Waals surface area contributed by atoms with Gasteiger partial charge in [0.25, 0.3) is 0 Å². The summed E-state index contributed by atoms with van der Waals surface area (Å²) in [5.74, 6) is 0.429. The number of carbonyl (C=O) groups is 1. The monoisotopic (exact) mass is 333 g/mol. The van der Waals surface area contributed by atoms with Crippen LogP contribution in [-0.2, 0) is 4.79 Å². The number of nitrogens with one attached hydrogen (secondary N) is 1. The van der Waals surface area contributed by atoms with Crippen LogP contribution < -0.4 is 10.2 Å². The van der Waals surface area contributed by atoms with E-state index < -0.39 is 0 Å². The first-order chi connectivity index (χ1) is 11.1. The van der Waals surface area contributed by atoms with Crippen LogP contribution in [0.1, 0.15) is 19.4 Å². The minimum Gasteiger partial charge on any atom is -0.371 e. The van der Waals surface area contributed by atoms with E-state index in [4.69, 9.17) is 11.6 Å². The van der Waals surface area contributed by atoms with Gasteiger partial charge in [0.2, 0.25) is 5.91 Å². The van der Waals surface area contributed by atoms with Crippen LogP contribution in [0.5, 0.6) is 0 Å². The minimum absolute atomic E-state index is 0.0274. The van der Waals surface area contributed by atoms with E-state index >= 15 is 0 Å². The highest BCUT2D eigenvalue weighted by atomic mass is 35.5. The molecule has 0 saturated carbocycles. The van der Waals surface area contributed by atoms with Gasteiger partial charge in [-0.05, 0) is 43.5 Å². The van der Waals surface area contributed by atoms with Crippen molar-refractivity contribution in [3.05, 3.63) is 41.9 Å². The zero-order valence-corrected chi connectivity index (χ0v) is 13.8. The van der Waals surface area contributed by atoms with Gasteiger partial charge in [0, 0.05) is 30.3 Å². The lowest BCUT2D eigenvalue weighted by Gasteiger charge is -2.19.